The number of ether oxygens (including phenoxy) is 1. The smallest absolute Gasteiger partial charge is 0.240 e. The molecule has 0 aromatic heterocycles. The van der Waals surface area contributed by atoms with E-state index in [2.05, 4.69) is 10.0 Å². The van der Waals surface area contributed by atoms with Gasteiger partial charge in [0, 0.05) is 25.1 Å². The van der Waals surface area contributed by atoms with E-state index >= 15 is 0 Å². The van der Waals surface area contributed by atoms with E-state index in [1.807, 2.05) is 6.92 Å². The first-order valence-corrected chi connectivity index (χ1v) is 7.93. The third-order valence-corrected chi connectivity index (χ3v) is 4.62. The molecule has 0 saturated heterocycles. The summed E-state index contributed by atoms with van der Waals surface area (Å²) in [5.74, 6) is 0.600. The molecular formula is C12H18Cl2N2O3S. The number of fused-ring (bicyclic) bond motifs is 1. The lowest BCUT2D eigenvalue weighted by molar-refractivity contribution is 0.255. The number of benzene rings is 1. The second kappa shape index (κ2) is 6.95. The summed E-state index contributed by atoms with van der Waals surface area (Å²) in [5, 5.41) is 3.22. The van der Waals surface area contributed by atoms with Crippen LogP contribution in [0.2, 0.25) is 5.02 Å². The van der Waals surface area contributed by atoms with Crippen molar-refractivity contribution in [2.24, 2.45) is 0 Å². The molecule has 5 nitrogen and oxygen atoms in total. The van der Waals surface area contributed by atoms with Crippen LogP contribution in [0.5, 0.6) is 5.75 Å². The number of likely N-dealkylation sites (N-methyl/N-ethyl adjacent to an activating group) is 1. The van der Waals surface area contributed by atoms with Gasteiger partial charge in [-0.3, -0.25) is 0 Å². The zero-order chi connectivity index (χ0) is 14.0. The molecule has 8 heteroatoms. The fraction of sp³-hybridized carbons (Fsp3) is 0.500. The molecule has 1 aromatic rings. The maximum atomic E-state index is 12.1. The molecular weight excluding hydrogens is 323 g/mol. The molecule has 0 fully saturated rings. The van der Waals surface area contributed by atoms with E-state index in [1.165, 1.54) is 6.07 Å². The van der Waals surface area contributed by atoms with E-state index in [4.69, 9.17) is 16.3 Å². The van der Waals surface area contributed by atoms with Gasteiger partial charge in [-0.1, -0.05) is 11.6 Å². The van der Waals surface area contributed by atoms with Crippen molar-refractivity contribution in [2.75, 3.05) is 20.1 Å². The minimum atomic E-state index is -3.52. The zero-order valence-electron chi connectivity index (χ0n) is 11.3. The van der Waals surface area contributed by atoms with Crippen molar-refractivity contribution < 1.29 is 13.2 Å². The van der Waals surface area contributed by atoms with Gasteiger partial charge >= 0.3 is 0 Å². The molecule has 2 rings (SSSR count). The van der Waals surface area contributed by atoms with Crippen LogP contribution in [0, 0.1) is 0 Å². The standard InChI is InChI=1S/C12H17ClN2O3S.ClH/c1-8-5-9-6-10(7-11(13)12(9)18-8)19(16,17)15-4-3-14-2;/h6-8,14-15H,3-5H2,1-2H3;1H. The van der Waals surface area contributed by atoms with Gasteiger partial charge in [0.1, 0.15) is 11.9 Å². The van der Waals surface area contributed by atoms with E-state index in [-0.39, 0.29) is 23.4 Å². The number of hydrogen-bond acceptors (Lipinski definition) is 4. The largest absolute Gasteiger partial charge is 0.489 e. The van der Waals surface area contributed by atoms with Crippen molar-refractivity contribution in [3.63, 3.8) is 0 Å². The van der Waals surface area contributed by atoms with Crippen LogP contribution >= 0.6 is 24.0 Å². The molecule has 1 aliphatic rings. The van der Waals surface area contributed by atoms with Crippen LogP contribution < -0.4 is 14.8 Å². The van der Waals surface area contributed by atoms with Gasteiger partial charge in [-0.2, -0.15) is 0 Å². The molecule has 1 aliphatic heterocycles. The SMILES string of the molecule is CNCCNS(=O)(=O)c1cc(Cl)c2c(c1)CC(C)O2.Cl. The quantitative estimate of drug-likeness (QED) is 0.798. The molecule has 114 valence electrons. The van der Waals surface area contributed by atoms with Crippen molar-refractivity contribution in [3.8, 4) is 5.75 Å². The van der Waals surface area contributed by atoms with Crippen LogP contribution in [0.3, 0.4) is 0 Å². The summed E-state index contributed by atoms with van der Waals surface area (Å²) in [6.45, 7) is 2.83. The summed E-state index contributed by atoms with van der Waals surface area (Å²) >= 11 is 6.08. The highest BCUT2D eigenvalue weighted by molar-refractivity contribution is 7.89. The van der Waals surface area contributed by atoms with Crippen molar-refractivity contribution in [1.82, 2.24) is 10.0 Å². The van der Waals surface area contributed by atoms with Crippen LogP contribution in [-0.2, 0) is 16.4 Å². The highest BCUT2D eigenvalue weighted by Crippen LogP contribution is 2.37. The molecule has 0 aliphatic carbocycles. The van der Waals surface area contributed by atoms with Gasteiger partial charge < -0.3 is 10.1 Å². The fourth-order valence-electron chi connectivity index (χ4n) is 2.01. The Bertz CT molecular complexity index is 578. The summed E-state index contributed by atoms with van der Waals surface area (Å²) in [4.78, 5) is 0.185. The number of sulfonamides is 1. The summed E-state index contributed by atoms with van der Waals surface area (Å²) in [6.07, 6.45) is 0.706. The zero-order valence-corrected chi connectivity index (χ0v) is 13.7. The van der Waals surface area contributed by atoms with Gasteiger partial charge in [0.2, 0.25) is 10.0 Å². The number of halogens is 2. The van der Waals surface area contributed by atoms with Gasteiger partial charge in [-0.25, -0.2) is 13.1 Å². The minimum Gasteiger partial charge on any atom is -0.489 e. The Labute approximate surface area is 130 Å². The second-order valence-electron chi connectivity index (χ2n) is 4.53. The Morgan fingerprint density at radius 3 is 2.75 bits per heavy atom. The molecule has 0 radical (unpaired) electrons. The maximum Gasteiger partial charge on any atom is 0.240 e. The van der Waals surface area contributed by atoms with E-state index in [9.17, 15) is 8.42 Å². The number of hydrogen-bond donors (Lipinski definition) is 2. The highest BCUT2D eigenvalue weighted by Gasteiger charge is 2.25. The van der Waals surface area contributed by atoms with Gasteiger partial charge in [0.15, 0.2) is 0 Å². The van der Waals surface area contributed by atoms with Crippen molar-refractivity contribution in [1.29, 1.82) is 0 Å². The molecule has 1 unspecified atom stereocenters. The van der Waals surface area contributed by atoms with Gasteiger partial charge in [0.25, 0.3) is 0 Å². The summed E-state index contributed by atoms with van der Waals surface area (Å²) < 4.78 is 32.3. The Kier molecular flexibility index (Phi) is 6.09. The Morgan fingerprint density at radius 2 is 2.10 bits per heavy atom. The maximum absolute atomic E-state index is 12.1. The molecule has 1 heterocycles. The molecule has 1 aromatic carbocycles. The van der Waals surface area contributed by atoms with Crippen LogP contribution in [0.15, 0.2) is 17.0 Å². The number of rotatable bonds is 5. The van der Waals surface area contributed by atoms with E-state index in [0.717, 1.165) is 5.56 Å². The predicted octanol–water partition coefficient (Wildman–Crippen LogP) is 1.58. The fourth-order valence-corrected chi connectivity index (χ4v) is 3.46. The average molecular weight is 341 g/mol. The topological polar surface area (TPSA) is 67.4 Å². The summed E-state index contributed by atoms with van der Waals surface area (Å²) in [5.41, 5.74) is 0.842. The molecule has 0 saturated carbocycles. The lowest BCUT2D eigenvalue weighted by Crippen LogP contribution is -2.30. The molecule has 20 heavy (non-hydrogen) atoms. The van der Waals surface area contributed by atoms with Crippen molar-refractivity contribution >= 4 is 34.0 Å². The van der Waals surface area contributed by atoms with Gasteiger partial charge in [-0.15, -0.1) is 12.4 Å². The molecule has 0 bridgehead atoms. The molecule has 1 atom stereocenters. The monoisotopic (exact) mass is 340 g/mol. The first-order chi connectivity index (χ1) is 8.94. The van der Waals surface area contributed by atoms with Crippen LogP contribution in [0.25, 0.3) is 0 Å². The van der Waals surface area contributed by atoms with Gasteiger partial charge in [-0.05, 0) is 26.1 Å². The Balaban J connectivity index is 0.00000200. The number of nitrogens with one attached hydrogen (secondary N) is 2. The molecule has 2 N–H and O–H groups in total. The van der Waals surface area contributed by atoms with Crippen LogP contribution in [0.1, 0.15) is 12.5 Å². The average Bonchev–Trinajstić information content (AvgIpc) is 2.70. The summed E-state index contributed by atoms with van der Waals surface area (Å²) in [7, 11) is -1.76. The lowest BCUT2D eigenvalue weighted by atomic mass is 10.1. The second-order valence-corrected chi connectivity index (χ2v) is 6.70. The Hall–Kier alpha value is -0.530. The predicted molar refractivity (Wildman–Crippen MR) is 81.6 cm³/mol. The van der Waals surface area contributed by atoms with E-state index < -0.39 is 10.0 Å². The van der Waals surface area contributed by atoms with Crippen molar-refractivity contribution in [3.05, 3.63) is 22.7 Å². The minimum absolute atomic E-state index is 0. The Morgan fingerprint density at radius 1 is 1.40 bits per heavy atom. The third kappa shape index (κ3) is 3.77. The van der Waals surface area contributed by atoms with Crippen LogP contribution in [0.4, 0.5) is 0 Å². The lowest BCUT2D eigenvalue weighted by Gasteiger charge is -2.09. The van der Waals surface area contributed by atoms with Crippen molar-refractivity contribution in [2.45, 2.75) is 24.3 Å². The highest BCUT2D eigenvalue weighted by atomic mass is 35.5. The normalized spacial score (nSPS) is 17.2. The molecule has 0 amide bonds. The molecule has 0 spiro atoms. The first kappa shape index (κ1) is 17.5. The summed E-state index contributed by atoms with van der Waals surface area (Å²) in [6, 6.07) is 3.06. The van der Waals surface area contributed by atoms with E-state index in [1.54, 1.807) is 13.1 Å². The van der Waals surface area contributed by atoms with E-state index in [0.29, 0.717) is 30.3 Å². The first-order valence-electron chi connectivity index (χ1n) is 6.07. The van der Waals surface area contributed by atoms with Gasteiger partial charge in [0.05, 0.1) is 9.92 Å². The third-order valence-electron chi connectivity index (χ3n) is 2.90. The van der Waals surface area contributed by atoms with Crippen LogP contribution in [-0.4, -0.2) is 34.7 Å².